The van der Waals surface area contributed by atoms with Gasteiger partial charge in [0.15, 0.2) is 0 Å². The van der Waals surface area contributed by atoms with Gasteiger partial charge >= 0.3 is 0 Å². The number of aliphatic hydroxyl groups is 2. The number of carbonyl (C=O) groups is 2. The number of hydrogen-bond donors (Lipinski definition) is 6. The number of aromatic amines is 1. The molecule has 1 saturated carbocycles. The number of aromatic nitrogens is 2. The van der Waals surface area contributed by atoms with Crippen LogP contribution < -0.4 is 16.0 Å². The molecule has 4 rings (SSSR count). The molecule has 39 heavy (non-hydrogen) atoms. The minimum Gasteiger partial charge on any atom is -0.393 e. The van der Waals surface area contributed by atoms with Crippen molar-refractivity contribution in [3.05, 3.63) is 53.6 Å². The van der Waals surface area contributed by atoms with Crippen LogP contribution in [0.2, 0.25) is 0 Å². The van der Waals surface area contributed by atoms with Crippen molar-refractivity contribution in [1.29, 1.82) is 0 Å². The largest absolute Gasteiger partial charge is 0.393 e. The molecule has 0 radical (unpaired) electrons. The van der Waals surface area contributed by atoms with Crippen LogP contribution in [0.3, 0.4) is 0 Å². The molecule has 2 heterocycles. The fourth-order valence-corrected chi connectivity index (χ4v) is 5.80. The number of H-pyrrole nitrogens is 1. The Labute approximate surface area is 231 Å². The SMILES string of the molecule is CC(C)[C@@H](O)C[C@H](O)[C@H](CC1CCCCC1)NC(=O)[C@H](Cc1cnc[nH]1)NC(=O)[C@@H]1Cc2ccccc2CN1. The number of hydrogen-bond acceptors (Lipinski definition) is 6. The summed E-state index contributed by atoms with van der Waals surface area (Å²) in [6.07, 6.45) is 9.01. The third-order valence-electron chi connectivity index (χ3n) is 8.37. The molecule has 0 saturated heterocycles. The van der Waals surface area contributed by atoms with Crippen LogP contribution in [0, 0.1) is 11.8 Å². The van der Waals surface area contributed by atoms with E-state index in [1.807, 2.05) is 32.0 Å². The summed E-state index contributed by atoms with van der Waals surface area (Å²) in [6.45, 7) is 4.43. The lowest BCUT2D eigenvalue weighted by Crippen LogP contribution is -2.57. The Kier molecular flexibility index (Phi) is 10.5. The van der Waals surface area contributed by atoms with E-state index in [-0.39, 0.29) is 30.6 Å². The average molecular weight is 540 g/mol. The molecule has 2 amide bonds. The first-order valence-corrected chi connectivity index (χ1v) is 14.5. The van der Waals surface area contributed by atoms with Gasteiger partial charge in [0.05, 0.1) is 30.6 Å². The van der Waals surface area contributed by atoms with Gasteiger partial charge < -0.3 is 31.1 Å². The van der Waals surface area contributed by atoms with Crippen LogP contribution in [-0.2, 0) is 29.0 Å². The minimum atomic E-state index is -0.881. The number of benzene rings is 1. The monoisotopic (exact) mass is 539 g/mol. The van der Waals surface area contributed by atoms with Crippen molar-refractivity contribution in [3.63, 3.8) is 0 Å². The molecule has 1 aliphatic heterocycles. The summed E-state index contributed by atoms with van der Waals surface area (Å²) in [5, 5.41) is 30.9. The molecule has 1 fully saturated rings. The van der Waals surface area contributed by atoms with E-state index in [0.717, 1.165) is 36.9 Å². The van der Waals surface area contributed by atoms with E-state index in [2.05, 4.69) is 32.0 Å². The summed E-state index contributed by atoms with van der Waals surface area (Å²) >= 11 is 0. The molecule has 0 unspecified atom stereocenters. The zero-order chi connectivity index (χ0) is 27.8. The second-order valence-electron chi connectivity index (χ2n) is 11.7. The summed E-state index contributed by atoms with van der Waals surface area (Å²) < 4.78 is 0. The molecule has 214 valence electrons. The predicted molar refractivity (Wildman–Crippen MR) is 150 cm³/mol. The Morgan fingerprint density at radius 1 is 1.05 bits per heavy atom. The number of carbonyl (C=O) groups excluding carboxylic acids is 2. The van der Waals surface area contributed by atoms with E-state index in [1.54, 1.807) is 12.5 Å². The van der Waals surface area contributed by atoms with Crippen LogP contribution in [-0.4, -0.2) is 62.3 Å². The van der Waals surface area contributed by atoms with E-state index >= 15 is 0 Å². The van der Waals surface area contributed by atoms with Crippen LogP contribution in [0.4, 0.5) is 0 Å². The molecular formula is C30H45N5O4. The maximum atomic E-state index is 13.7. The van der Waals surface area contributed by atoms with Crippen LogP contribution in [0.15, 0.2) is 36.8 Å². The van der Waals surface area contributed by atoms with Gasteiger partial charge in [0.2, 0.25) is 11.8 Å². The highest BCUT2D eigenvalue weighted by molar-refractivity contribution is 5.90. The molecule has 1 aromatic heterocycles. The molecular weight excluding hydrogens is 494 g/mol. The van der Waals surface area contributed by atoms with Gasteiger partial charge in [-0.2, -0.15) is 0 Å². The van der Waals surface area contributed by atoms with Crippen molar-refractivity contribution in [3.8, 4) is 0 Å². The third-order valence-corrected chi connectivity index (χ3v) is 8.37. The van der Waals surface area contributed by atoms with E-state index in [1.165, 1.54) is 12.0 Å². The molecule has 0 bridgehead atoms. The molecule has 1 aromatic carbocycles. The first-order valence-electron chi connectivity index (χ1n) is 14.5. The summed E-state index contributed by atoms with van der Waals surface area (Å²) in [5.74, 6) is -0.148. The maximum absolute atomic E-state index is 13.7. The molecule has 9 nitrogen and oxygen atoms in total. The number of aliphatic hydroxyl groups excluding tert-OH is 2. The smallest absolute Gasteiger partial charge is 0.243 e. The third kappa shape index (κ3) is 8.37. The van der Waals surface area contributed by atoms with E-state index in [9.17, 15) is 19.8 Å². The summed E-state index contributed by atoms with van der Waals surface area (Å²) in [7, 11) is 0. The van der Waals surface area contributed by atoms with Gasteiger partial charge in [-0.05, 0) is 35.8 Å². The molecule has 5 atom stereocenters. The Bertz CT molecular complexity index is 1050. The van der Waals surface area contributed by atoms with Crippen LogP contribution >= 0.6 is 0 Å². The Balaban J connectivity index is 1.46. The lowest BCUT2D eigenvalue weighted by Gasteiger charge is -2.33. The highest BCUT2D eigenvalue weighted by Crippen LogP contribution is 2.29. The fourth-order valence-electron chi connectivity index (χ4n) is 5.80. The van der Waals surface area contributed by atoms with Crippen LogP contribution in [0.1, 0.15) is 75.6 Å². The number of imidazole rings is 1. The predicted octanol–water partition coefficient (Wildman–Crippen LogP) is 2.37. The number of nitrogens with one attached hydrogen (secondary N) is 4. The number of nitrogens with zero attached hydrogens (tertiary/aromatic N) is 1. The van der Waals surface area contributed by atoms with Crippen molar-refractivity contribution in [2.24, 2.45) is 11.8 Å². The van der Waals surface area contributed by atoms with Gasteiger partial charge in [-0.1, -0.05) is 70.2 Å². The van der Waals surface area contributed by atoms with Crippen molar-refractivity contribution in [2.45, 2.75) is 109 Å². The van der Waals surface area contributed by atoms with Crippen molar-refractivity contribution in [2.75, 3.05) is 0 Å². The lowest BCUT2D eigenvalue weighted by molar-refractivity contribution is -0.131. The van der Waals surface area contributed by atoms with Crippen LogP contribution in [0.5, 0.6) is 0 Å². The van der Waals surface area contributed by atoms with Crippen molar-refractivity contribution < 1.29 is 19.8 Å². The quantitative estimate of drug-likeness (QED) is 0.245. The van der Waals surface area contributed by atoms with Gasteiger partial charge in [0.25, 0.3) is 0 Å². The molecule has 9 heteroatoms. The first kappa shape index (κ1) is 29.2. The first-order chi connectivity index (χ1) is 18.8. The molecule has 0 spiro atoms. The highest BCUT2D eigenvalue weighted by atomic mass is 16.3. The summed E-state index contributed by atoms with van der Waals surface area (Å²) in [4.78, 5) is 34.1. The van der Waals surface area contributed by atoms with Crippen LogP contribution in [0.25, 0.3) is 0 Å². The Morgan fingerprint density at radius 2 is 1.79 bits per heavy atom. The molecule has 2 aromatic rings. The Hall–Kier alpha value is -2.75. The summed E-state index contributed by atoms with van der Waals surface area (Å²) in [5.41, 5.74) is 3.04. The number of amides is 2. The zero-order valence-corrected chi connectivity index (χ0v) is 23.2. The normalized spacial score (nSPS) is 21.0. The van der Waals surface area contributed by atoms with Gasteiger partial charge in [0.1, 0.15) is 6.04 Å². The topological polar surface area (TPSA) is 139 Å². The molecule has 2 aliphatic rings. The van der Waals surface area contributed by atoms with E-state index < -0.39 is 30.3 Å². The van der Waals surface area contributed by atoms with Gasteiger partial charge in [-0.3, -0.25) is 9.59 Å². The molecule has 1 aliphatic carbocycles. The van der Waals surface area contributed by atoms with E-state index in [4.69, 9.17) is 0 Å². The average Bonchev–Trinajstić information content (AvgIpc) is 3.45. The maximum Gasteiger partial charge on any atom is 0.243 e. The highest BCUT2D eigenvalue weighted by Gasteiger charge is 2.33. The standard InChI is InChI=1S/C30H45N5O4/c1-19(2)27(36)15-28(37)24(12-20-8-4-3-5-9-20)34-30(39)26(14-23-17-31-18-33-23)35-29(38)25-13-21-10-6-7-11-22(21)16-32-25/h6-7,10-11,17-20,24-28,32,36-37H,3-5,8-9,12-16H2,1-2H3,(H,31,33)(H,34,39)(H,35,38)/t24-,25-,26-,27-,28-/m0/s1. The van der Waals surface area contributed by atoms with Crippen molar-refractivity contribution >= 4 is 11.8 Å². The second kappa shape index (κ2) is 14.1. The minimum absolute atomic E-state index is 0.00576. The van der Waals surface area contributed by atoms with Gasteiger partial charge in [-0.25, -0.2) is 4.98 Å². The Morgan fingerprint density at radius 3 is 2.49 bits per heavy atom. The fraction of sp³-hybridized carbons (Fsp3) is 0.633. The zero-order valence-electron chi connectivity index (χ0n) is 23.2. The van der Waals surface area contributed by atoms with E-state index in [0.29, 0.717) is 25.3 Å². The van der Waals surface area contributed by atoms with Gasteiger partial charge in [0, 0.05) is 31.3 Å². The van der Waals surface area contributed by atoms with Crippen molar-refractivity contribution in [1.82, 2.24) is 25.9 Å². The number of rotatable bonds is 12. The second-order valence-corrected chi connectivity index (χ2v) is 11.7. The number of fused-ring (bicyclic) bond motifs is 1. The molecule has 6 N–H and O–H groups in total. The lowest BCUT2D eigenvalue weighted by atomic mass is 9.82. The summed E-state index contributed by atoms with van der Waals surface area (Å²) in [6, 6.07) is 6.27. The van der Waals surface area contributed by atoms with Gasteiger partial charge in [-0.15, -0.1) is 0 Å².